The molecular formula is C10H19NO5. The number of carbonyl (C=O) groups is 2. The molecule has 0 spiro atoms. The number of carbonyl (C=O) groups excluding carboxylic acids is 2. The molecule has 0 unspecified atom stereocenters. The van der Waals surface area contributed by atoms with Gasteiger partial charge in [-0.15, -0.1) is 0 Å². The van der Waals surface area contributed by atoms with Crippen LogP contribution in [0.1, 0.15) is 6.92 Å². The van der Waals surface area contributed by atoms with E-state index in [1.165, 1.54) is 0 Å². The summed E-state index contributed by atoms with van der Waals surface area (Å²) in [5.41, 5.74) is 0. The van der Waals surface area contributed by atoms with Crippen LogP contribution < -0.4 is 5.32 Å². The molecule has 94 valence electrons. The molecule has 0 aliphatic rings. The van der Waals surface area contributed by atoms with Gasteiger partial charge in [-0.05, 0) is 6.92 Å². The van der Waals surface area contributed by atoms with E-state index in [4.69, 9.17) is 14.2 Å². The van der Waals surface area contributed by atoms with E-state index < -0.39 is 0 Å². The van der Waals surface area contributed by atoms with Gasteiger partial charge in [-0.3, -0.25) is 4.79 Å². The molecule has 16 heavy (non-hydrogen) atoms. The third-order valence-electron chi connectivity index (χ3n) is 1.54. The largest absolute Gasteiger partial charge is 0.377 e. The molecule has 0 aromatic heterocycles. The van der Waals surface area contributed by atoms with Gasteiger partial charge in [0.05, 0.1) is 26.4 Å². The van der Waals surface area contributed by atoms with E-state index in [0.717, 1.165) is 0 Å². The number of likely N-dealkylation sites (N-methyl/N-ethyl adjacent to an activating group) is 1. The first-order chi connectivity index (χ1) is 7.81. The van der Waals surface area contributed by atoms with E-state index in [1.807, 2.05) is 6.92 Å². The maximum absolute atomic E-state index is 10.9. The lowest BCUT2D eigenvalue weighted by Crippen LogP contribution is -2.27. The zero-order valence-electron chi connectivity index (χ0n) is 9.57. The Balaban J connectivity index is 3.03. The van der Waals surface area contributed by atoms with Crippen LogP contribution in [0.2, 0.25) is 0 Å². The van der Waals surface area contributed by atoms with Gasteiger partial charge < -0.3 is 24.3 Å². The molecule has 0 bridgehead atoms. The summed E-state index contributed by atoms with van der Waals surface area (Å²) in [6.07, 6.45) is 0.690. The molecule has 0 heterocycles. The van der Waals surface area contributed by atoms with Crippen LogP contribution in [0.4, 0.5) is 0 Å². The fourth-order valence-electron chi connectivity index (χ4n) is 0.882. The maximum atomic E-state index is 10.9. The first-order valence-corrected chi connectivity index (χ1v) is 5.24. The first kappa shape index (κ1) is 15.0. The zero-order valence-corrected chi connectivity index (χ0v) is 9.57. The van der Waals surface area contributed by atoms with Crippen LogP contribution in [0.15, 0.2) is 0 Å². The summed E-state index contributed by atoms with van der Waals surface area (Å²) in [7, 11) is 0. The number of nitrogens with one attached hydrogen (secondary N) is 1. The molecular weight excluding hydrogens is 214 g/mol. The summed E-state index contributed by atoms with van der Waals surface area (Å²) in [6.45, 7) is 4.17. The van der Waals surface area contributed by atoms with Gasteiger partial charge in [0.1, 0.15) is 19.5 Å². The van der Waals surface area contributed by atoms with Crippen molar-refractivity contribution < 1.29 is 23.8 Å². The Kier molecular flexibility index (Phi) is 11.4. The average Bonchev–Trinajstić information content (AvgIpc) is 2.27. The fraction of sp³-hybridized carbons (Fsp3) is 0.800. The Labute approximate surface area is 95.2 Å². The monoisotopic (exact) mass is 233 g/mol. The Morgan fingerprint density at radius 1 is 1.12 bits per heavy atom. The molecule has 0 radical (unpaired) electrons. The van der Waals surface area contributed by atoms with Crippen molar-refractivity contribution in [3.05, 3.63) is 0 Å². The second-order valence-corrected chi connectivity index (χ2v) is 2.86. The molecule has 0 aliphatic heterocycles. The van der Waals surface area contributed by atoms with E-state index >= 15 is 0 Å². The smallest absolute Gasteiger partial charge is 0.245 e. The maximum Gasteiger partial charge on any atom is 0.245 e. The Hall–Kier alpha value is -0.980. The quantitative estimate of drug-likeness (QED) is 0.380. The van der Waals surface area contributed by atoms with Crippen molar-refractivity contribution in [3.63, 3.8) is 0 Å². The topological polar surface area (TPSA) is 73.9 Å². The summed E-state index contributed by atoms with van der Waals surface area (Å²) in [5.74, 6) is -0.128. The van der Waals surface area contributed by atoms with Crippen LogP contribution in [-0.2, 0) is 23.8 Å². The lowest BCUT2D eigenvalue weighted by Gasteiger charge is -2.05. The lowest BCUT2D eigenvalue weighted by molar-refractivity contribution is -0.126. The van der Waals surface area contributed by atoms with Gasteiger partial charge in [-0.25, -0.2) is 0 Å². The molecule has 0 fully saturated rings. The van der Waals surface area contributed by atoms with E-state index in [1.54, 1.807) is 0 Å². The molecule has 0 saturated carbocycles. The average molecular weight is 233 g/mol. The molecule has 0 aliphatic carbocycles. The van der Waals surface area contributed by atoms with Gasteiger partial charge in [0.25, 0.3) is 0 Å². The van der Waals surface area contributed by atoms with Crippen molar-refractivity contribution in [2.75, 3.05) is 46.2 Å². The van der Waals surface area contributed by atoms with Crippen LogP contribution in [-0.4, -0.2) is 58.4 Å². The minimum atomic E-state index is -0.128. The highest BCUT2D eigenvalue weighted by atomic mass is 16.5. The molecule has 0 atom stereocenters. The number of ether oxygens (including phenoxy) is 3. The summed E-state index contributed by atoms with van der Waals surface area (Å²) in [4.78, 5) is 20.8. The molecule has 6 nitrogen and oxygen atoms in total. The van der Waals surface area contributed by atoms with E-state index in [0.29, 0.717) is 39.3 Å². The highest BCUT2D eigenvalue weighted by Crippen LogP contribution is 1.80. The van der Waals surface area contributed by atoms with Crippen molar-refractivity contribution in [2.45, 2.75) is 6.92 Å². The van der Waals surface area contributed by atoms with E-state index in [9.17, 15) is 9.59 Å². The standard InChI is InChI=1S/C10H19NO5/c1-2-11-10(13)9-16-8-7-15-6-5-14-4-3-12/h3H,2,4-9H2,1H3,(H,11,13). The van der Waals surface area contributed by atoms with Gasteiger partial charge in [0.15, 0.2) is 0 Å². The predicted molar refractivity (Wildman–Crippen MR) is 57.2 cm³/mol. The number of rotatable bonds is 11. The van der Waals surface area contributed by atoms with Crippen LogP contribution in [0, 0.1) is 0 Å². The summed E-state index contributed by atoms with van der Waals surface area (Å²) < 4.78 is 15.0. The SMILES string of the molecule is CCNC(=O)COCCOCCOCC=O. The van der Waals surface area contributed by atoms with Crippen molar-refractivity contribution in [3.8, 4) is 0 Å². The Bertz CT molecular complexity index is 186. The number of amides is 1. The summed E-state index contributed by atoms with van der Waals surface area (Å²) in [6, 6.07) is 0. The number of aldehydes is 1. The Morgan fingerprint density at radius 2 is 1.75 bits per heavy atom. The molecule has 0 saturated heterocycles. The Morgan fingerprint density at radius 3 is 2.38 bits per heavy atom. The van der Waals surface area contributed by atoms with Crippen LogP contribution in [0.3, 0.4) is 0 Å². The normalized spacial score (nSPS) is 10.1. The second kappa shape index (κ2) is 12.1. The third kappa shape index (κ3) is 11.1. The first-order valence-electron chi connectivity index (χ1n) is 5.24. The van der Waals surface area contributed by atoms with Crippen LogP contribution in [0.5, 0.6) is 0 Å². The number of hydrogen-bond acceptors (Lipinski definition) is 5. The predicted octanol–water partition coefficient (Wildman–Crippen LogP) is -0.629. The van der Waals surface area contributed by atoms with Gasteiger partial charge >= 0.3 is 0 Å². The van der Waals surface area contributed by atoms with Crippen molar-refractivity contribution in [1.29, 1.82) is 0 Å². The highest BCUT2D eigenvalue weighted by molar-refractivity contribution is 5.77. The highest BCUT2D eigenvalue weighted by Gasteiger charge is 1.98. The summed E-state index contributed by atoms with van der Waals surface area (Å²) in [5, 5.41) is 2.61. The fourth-order valence-corrected chi connectivity index (χ4v) is 0.882. The molecule has 0 aromatic rings. The molecule has 0 aromatic carbocycles. The van der Waals surface area contributed by atoms with Crippen LogP contribution >= 0.6 is 0 Å². The zero-order chi connectivity index (χ0) is 12.1. The molecule has 1 amide bonds. The van der Waals surface area contributed by atoms with Gasteiger partial charge in [-0.1, -0.05) is 0 Å². The minimum absolute atomic E-state index is 0.0544. The van der Waals surface area contributed by atoms with E-state index in [2.05, 4.69) is 5.32 Å². The number of hydrogen-bond donors (Lipinski definition) is 1. The lowest BCUT2D eigenvalue weighted by atomic mass is 10.6. The molecule has 6 heteroatoms. The van der Waals surface area contributed by atoms with Gasteiger partial charge in [0.2, 0.25) is 5.91 Å². The van der Waals surface area contributed by atoms with Crippen molar-refractivity contribution in [2.24, 2.45) is 0 Å². The minimum Gasteiger partial charge on any atom is -0.377 e. The molecule has 1 N–H and O–H groups in total. The van der Waals surface area contributed by atoms with E-state index in [-0.39, 0.29) is 19.1 Å². The third-order valence-corrected chi connectivity index (χ3v) is 1.54. The van der Waals surface area contributed by atoms with Crippen molar-refractivity contribution >= 4 is 12.2 Å². The van der Waals surface area contributed by atoms with Gasteiger partial charge in [-0.2, -0.15) is 0 Å². The van der Waals surface area contributed by atoms with Crippen LogP contribution in [0.25, 0.3) is 0 Å². The van der Waals surface area contributed by atoms with Gasteiger partial charge in [0, 0.05) is 6.54 Å². The van der Waals surface area contributed by atoms with Crippen molar-refractivity contribution in [1.82, 2.24) is 5.32 Å². The second-order valence-electron chi connectivity index (χ2n) is 2.86. The summed E-state index contributed by atoms with van der Waals surface area (Å²) >= 11 is 0. The molecule has 0 rings (SSSR count).